The number of ether oxygens (including phenoxy) is 3. The Labute approximate surface area is 189 Å². The summed E-state index contributed by atoms with van der Waals surface area (Å²) in [6.45, 7) is 12.4. The third kappa shape index (κ3) is 18.3. The minimum atomic E-state index is -0.196. The molecule has 0 radical (unpaired) electrons. The summed E-state index contributed by atoms with van der Waals surface area (Å²) in [6.07, 6.45) is 2.34. The molecular weight excluding hydrogens is 417 g/mol. The van der Waals surface area contributed by atoms with Gasteiger partial charge in [-0.15, -0.1) is 0 Å². The molecule has 0 saturated carbocycles. The van der Waals surface area contributed by atoms with Crippen LogP contribution < -0.4 is 17.2 Å². The number of rotatable bonds is 18. The average molecular weight is 460 g/mol. The van der Waals surface area contributed by atoms with Crippen molar-refractivity contribution in [2.24, 2.45) is 0 Å². The maximum Gasteiger partial charge on any atom is 0.224 e. The van der Waals surface area contributed by atoms with Gasteiger partial charge in [-0.05, 0) is 38.5 Å². The van der Waals surface area contributed by atoms with Crippen LogP contribution in [0.1, 0.15) is 40.0 Å². The third-order valence-corrected chi connectivity index (χ3v) is 5.14. The van der Waals surface area contributed by atoms with Crippen LogP contribution in [0.2, 0.25) is 0 Å². The maximum atomic E-state index is 12.0. The van der Waals surface area contributed by atoms with Gasteiger partial charge < -0.3 is 36.0 Å². The first-order valence-corrected chi connectivity index (χ1v) is 10.7. The monoisotopic (exact) mass is 459 g/mol. The molecule has 7 nitrogen and oxygen atoms in total. The Morgan fingerprint density at radius 3 is 2.03 bits per heavy atom. The number of quaternary nitrogens is 1. The second-order valence-electron chi connectivity index (χ2n) is 8.51. The molecule has 29 heavy (non-hydrogen) atoms. The Hall–Kier alpha value is -0.150. The molecule has 0 spiro atoms. The van der Waals surface area contributed by atoms with E-state index in [9.17, 15) is 4.79 Å². The lowest BCUT2D eigenvalue weighted by Gasteiger charge is -2.29. The fourth-order valence-corrected chi connectivity index (χ4v) is 2.63. The van der Waals surface area contributed by atoms with Gasteiger partial charge in [-0.25, -0.2) is 4.84 Å². The van der Waals surface area contributed by atoms with E-state index in [1.807, 2.05) is 13.8 Å². The highest BCUT2D eigenvalue weighted by atomic mass is 35.5. The normalized spacial score (nSPS) is 12.0. The maximum absolute atomic E-state index is 12.0. The third-order valence-electron chi connectivity index (χ3n) is 4.63. The molecule has 0 aromatic heterocycles. The van der Waals surface area contributed by atoms with Crippen LogP contribution in [0.5, 0.6) is 0 Å². The Morgan fingerprint density at radius 2 is 1.52 bits per heavy atom. The van der Waals surface area contributed by atoms with E-state index in [-0.39, 0.29) is 23.9 Å². The molecule has 0 aliphatic heterocycles. The van der Waals surface area contributed by atoms with Crippen LogP contribution in [-0.4, -0.2) is 101 Å². The van der Waals surface area contributed by atoms with Crippen LogP contribution in [-0.2, 0) is 19.0 Å². The number of likely N-dealkylation sites (N-methyl/N-ethyl adjacent to an activating group) is 1. The summed E-state index contributed by atoms with van der Waals surface area (Å²) in [5.41, 5.74) is -0.196. The van der Waals surface area contributed by atoms with Crippen molar-refractivity contribution in [3.63, 3.8) is 0 Å². The molecule has 0 fully saturated rings. The van der Waals surface area contributed by atoms with Gasteiger partial charge in [0.2, 0.25) is 5.91 Å². The van der Waals surface area contributed by atoms with Crippen LogP contribution >= 0.6 is 11.8 Å². The molecule has 0 heterocycles. The average Bonchev–Trinajstić information content (AvgIpc) is 2.63. The number of amides is 1. The summed E-state index contributed by atoms with van der Waals surface area (Å²) in [7, 11) is 6.25. The summed E-state index contributed by atoms with van der Waals surface area (Å²) < 4.78 is 17.6. The SMILES string of the molecule is CCC[N+](C)(C)CCOCCOCCOCCC(=O)N(C)CCC(C)(C)NCl.[Cl-]. The molecule has 0 aliphatic carbocycles. The molecule has 1 N–H and O–H groups in total. The second-order valence-corrected chi connectivity index (χ2v) is 8.70. The van der Waals surface area contributed by atoms with Crippen LogP contribution in [0.4, 0.5) is 0 Å². The summed E-state index contributed by atoms with van der Waals surface area (Å²) >= 11 is 5.67. The minimum Gasteiger partial charge on any atom is -1.00 e. The molecule has 0 aromatic carbocycles. The number of carbonyl (C=O) groups excluding carboxylic acids is 1. The summed E-state index contributed by atoms with van der Waals surface area (Å²) in [5.74, 6) is 0.0732. The van der Waals surface area contributed by atoms with Gasteiger partial charge in [0.1, 0.15) is 6.54 Å². The molecule has 0 saturated heterocycles. The Morgan fingerprint density at radius 1 is 1.00 bits per heavy atom. The number of hydrogen-bond acceptors (Lipinski definition) is 5. The van der Waals surface area contributed by atoms with Crippen LogP contribution in [0, 0.1) is 0 Å². The molecule has 9 heteroatoms. The zero-order chi connectivity index (χ0) is 21.5. The summed E-state index contributed by atoms with van der Waals surface area (Å²) in [5, 5.41) is 0. The van der Waals surface area contributed by atoms with Gasteiger partial charge in [-0.3, -0.25) is 4.79 Å². The standard InChI is InChI=1S/C20H43ClN3O4.ClH/c1-7-11-24(5,6)12-14-27-16-18-28-17-15-26-13-8-19(25)23(4)10-9-20(2,3)22-21;/h22H,7-18H2,1-6H3;1H/q+1;/p-1. The van der Waals surface area contributed by atoms with E-state index in [0.717, 1.165) is 30.6 Å². The topological polar surface area (TPSA) is 60.0 Å². The Balaban J connectivity index is 0. The van der Waals surface area contributed by atoms with Gasteiger partial charge in [0.05, 0.1) is 66.7 Å². The summed E-state index contributed by atoms with van der Waals surface area (Å²) in [6, 6.07) is 0. The van der Waals surface area contributed by atoms with Crippen molar-refractivity contribution < 1.29 is 35.9 Å². The lowest BCUT2D eigenvalue weighted by molar-refractivity contribution is -0.890. The van der Waals surface area contributed by atoms with Crippen molar-refractivity contribution in [3.05, 3.63) is 0 Å². The van der Waals surface area contributed by atoms with Gasteiger partial charge in [0.15, 0.2) is 0 Å². The first-order chi connectivity index (χ1) is 13.1. The van der Waals surface area contributed by atoms with E-state index in [1.54, 1.807) is 11.9 Å². The highest BCUT2D eigenvalue weighted by Crippen LogP contribution is 2.10. The van der Waals surface area contributed by atoms with Gasteiger partial charge in [0.25, 0.3) is 0 Å². The largest absolute Gasteiger partial charge is 1.00 e. The van der Waals surface area contributed by atoms with E-state index < -0.39 is 0 Å². The number of nitrogens with zero attached hydrogens (tertiary/aromatic N) is 2. The van der Waals surface area contributed by atoms with Crippen molar-refractivity contribution in [2.75, 3.05) is 80.4 Å². The number of nitrogens with one attached hydrogen (secondary N) is 1. The van der Waals surface area contributed by atoms with E-state index in [1.165, 1.54) is 6.42 Å². The predicted molar refractivity (Wildman–Crippen MR) is 115 cm³/mol. The predicted octanol–water partition coefficient (Wildman–Crippen LogP) is -0.713. The van der Waals surface area contributed by atoms with Gasteiger partial charge in [0, 0.05) is 19.1 Å². The fraction of sp³-hybridized carbons (Fsp3) is 0.950. The minimum absolute atomic E-state index is 0. The van der Waals surface area contributed by atoms with Crippen LogP contribution in [0.25, 0.3) is 0 Å². The molecule has 0 rings (SSSR count). The molecule has 0 bridgehead atoms. The molecule has 0 atom stereocenters. The molecule has 0 unspecified atom stereocenters. The van der Waals surface area contributed by atoms with Crippen molar-refractivity contribution in [1.82, 2.24) is 9.74 Å². The molecule has 0 aromatic rings. The number of halogens is 2. The molecule has 1 amide bonds. The smallest absolute Gasteiger partial charge is 0.224 e. The first kappa shape index (κ1) is 31.0. The Kier molecular flexibility index (Phi) is 18.8. The van der Waals surface area contributed by atoms with E-state index >= 15 is 0 Å². The van der Waals surface area contributed by atoms with Crippen molar-refractivity contribution in [2.45, 2.75) is 45.6 Å². The number of carbonyl (C=O) groups is 1. The van der Waals surface area contributed by atoms with Crippen molar-refractivity contribution in [1.29, 1.82) is 0 Å². The second kappa shape index (κ2) is 17.5. The van der Waals surface area contributed by atoms with E-state index in [4.69, 9.17) is 26.0 Å². The highest BCUT2D eigenvalue weighted by Gasteiger charge is 2.18. The molecular formula is C20H43Cl2N3O4. The summed E-state index contributed by atoms with van der Waals surface area (Å²) in [4.78, 5) is 16.5. The quantitative estimate of drug-likeness (QED) is 0.166. The Bertz CT molecular complexity index is 413. The van der Waals surface area contributed by atoms with E-state index in [2.05, 4.69) is 25.9 Å². The van der Waals surface area contributed by atoms with Crippen LogP contribution in [0.3, 0.4) is 0 Å². The lowest BCUT2D eigenvalue weighted by Crippen LogP contribution is -3.00. The zero-order valence-electron chi connectivity index (χ0n) is 19.3. The molecule has 176 valence electrons. The lowest BCUT2D eigenvalue weighted by atomic mass is 10.0. The number of hydrogen-bond donors (Lipinski definition) is 1. The first-order valence-electron chi connectivity index (χ1n) is 10.3. The fourth-order valence-electron chi connectivity index (χ4n) is 2.54. The zero-order valence-corrected chi connectivity index (χ0v) is 20.8. The van der Waals surface area contributed by atoms with Gasteiger partial charge in [-0.2, -0.15) is 0 Å². The van der Waals surface area contributed by atoms with Gasteiger partial charge >= 0.3 is 0 Å². The molecule has 0 aliphatic rings. The van der Waals surface area contributed by atoms with E-state index in [0.29, 0.717) is 46.0 Å². The van der Waals surface area contributed by atoms with Crippen molar-refractivity contribution in [3.8, 4) is 0 Å². The highest BCUT2D eigenvalue weighted by molar-refractivity contribution is 6.13. The van der Waals surface area contributed by atoms with Crippen molar-refractivity contribution >= 4 is 17.7 Å². The van der Waals surface area contributed by atoms with Gasteiger partial charge in [-0.1, -0.05) is 6.92 Å². The van der Waals surface area contributed by atoms with Crippen LogP contribution in [0.15, 0.2) is 0 Å².